The molecule has 6 heteroatoms. The van der Waals surface area contributed by atoms with Gasteiger partial charge in [0, 0.05) is 0 Å². The van der Waals surface area contributed by atoms with Crippen molar-refractivity contribution in [3.8, 4) is 0 Å². The monoisotopic (exact) mass is 366 g/mol. The zero-order chi connectivity index (χ0) is 19.0. The largest absolute Gasteiger partial charge is 0.482 e. The Morgan fingerprint density at radius 1 is 1.27 bits per heavy atom. The van der Waals surface area contributed by atoms with Crippen molar-refractivity contribution in [1.82, 2.24) is 0 Å². The SMILES string of the molecule is CCOC(=O)C1=C(C)O[C@@H]2C(=O)OC(O[C@@H]3C[C@H](C)CC[C@H]3C(C)C)[C@H]12. The Bertz CT molecular complexity index is 595. The Morgan fingerprint density at radius 2 is 2.00 bits per heavy atom. The van der Waals surface area contributed by atoms with Crippen LogP contribution in [0.25, 0.3) is 0 Å². The minimum Gasteiger partial charge on any atom is -0.482 e. The first kappa shape index (κ1) is 19.2. The molecule has 0 aromatic carbocycles. The van der Waals surface area contributed by atoms with Gasteiger partial charge in [-0.15, -0.1) is 0 Å². The number of cyclic esters (lactones) is 1. The number of carbonyl (C=O) groups is 2. The van der Waals surface area contributed by atoms with Crippen LogP contribution in [0.3, 0.4) is 0 Å². The number of ether oxygens (including phenoxy) is 4. The highest BCUT2D eigenvalue weighted by Gasteiger charge is 2.56. The fourth-order valence-corrected chi connectivity index (χ4v) is 4.49. The zero-order valence-corrected chi connectivity index (χ0v) is 16.3. The van der Waals surface area contributed by atoms with Crippen LogP contribution in [0.2, 0.25) is 0 Å². The van der Waals surface area contributed by atoms with Gasteiger partial charge in [-0.1, -0.05) is 27.2 Å². The van der Waals surface area contributed by atoms with Gasteiger partial charge in [0.15, 0.2) is 0 Å². The summed E-state index contributed by atoms with van der Waals surface area (Å²) in [5.41, 5.74) is 0.373. The van der Waals surface area contributed by atoms with Crippen LogP contribution in [0.1, 0.15) is 53.9 Å². The predicted molar refractivity (Wildman–Crippen MR) is 93.8 cm³/mol. The molecule has 3 aliphatic rings. The van der Waals surface area contributed by atoms with Gasteiger partial charge in [0.05, 0.1) is 18.3 Å². The maximum Gasteiger partial charge on any atom is 0.350 e. The molecule has 0 aromatic heterocycles. The maximum absolute atomic E-state index is 12.4. The molecule has 0 N–H and O–H groups in total. The zero-order valence-electron chi connectivity index (χ0n) is 16.3. The molecule has 0 bridgehead atoms. The minimum absolute atomic E-state index is 0.0136. The molecule has 1 aliphatic carbocycles. The van der Waals surface area contributed by atoms with E-state index in [0.717, 1.165) is 12.8 Å². The van der Waals surface area contributed by atoms with E-state index < -0.39 is 30.3 Å². The van der Waals surface area contributed by atoms with E-state index in [1.165, 1.54) is 6.42 Å². The summed E-state index contributed by atoms with van der Waals surface area (Å²) in [5.74, 6) is 0.437. The van der Waals surface area contributed by atoms with Crippen molar-refractivity contribution in [1.29, 1.82) is 0 Å². The van der Waals surface area contributed by atoms with E-state index in [4.69, 9.17) is 18.9 Å². The van der Waals surface area contributed by atoms with Gasteiger partial charge in [-0.25, -0.2) is 9.59 Å². The van der Waals surface area contributed by atoms with E-state index in [1.54, 1.807) is 13.8 Å². The van der Waals surface area contributed by atoms with Gasteiger partial charge in [-0.2, -0.15) is 0 Å². The topological polar surface area (TPSA) is 71.1 Å². The molecule has 146 valence electrons. The lowest BCUT2D eigenvalue weighted by Gasteiger charge is -2.38. The van der Waals surface area contributed by atoms with Gasteiger partial charge in [0.1, 0.15) is 11.7 Å². The van der Waals surface area contributed by atoms with E-state index in [0.29, 0.717) is 29.1 Å². The van der Waals surface area contributed by atoms with Gasteiger partial charge >= 0.3 is 11.9 Å². The first-order valence-electron chi connectivity index (χ1n) is 9.73. The van der Waals surface area contributed by atoms with Crippen molar-refractivity contribution < 1.29 is 28.5 Å². The summed E-state index contributed by atoms with van der Waals surface area (Å²) in [6.45, 7) is 10.3. The third kappa shape index (κ3) is 3.48. The molecular weight excluding hydrogens is 336 g/mol. The van der Waals surface area contributed by atoms with Crippen LogP contribution >= 0.6 is 0 Å². The fourth-order valence-electron chi connectivity index (χ4n) is 4.49. The van der Waals surface area contributed by atoms with Crippen LogP contribution in [-0.2, 0) is 28.5 Å². The summed E-state index contributed by atoms with van der Waals surface area (Å²) in [4.78, 5) is 24.6. The van der Waals surface area contributed by atoms with Crippen LogP contribution < -0.4 is 0 Å². The quantitative estimate of drug-likeness (QED) is 0.696. The molecule has 2 aliphatic heterocycles. The van der Waals surface area contributed by atoms with Crippen molar-refractivity contribution in [3.05, 3.63) is 11.3 Å². The molecule has 0 spiro atoms. The third-order valence-corrected chi connectivity index (χ3v) is 5.87. The molecule has 0 amide bonds. The molecule has 26 heavy (non-hydrogen) atoms. The lowest BCUT2D eigenvalue weighted by Crippen LogP contribution is -2.39. The van der Waals surface area contributed by atoms with E-state index in [-0.39, 0.29) is 12.7 Å². The number of allylic oxidation sites excluding steroid dienone is 1. The summed E-state index contributed by atoms with van der Waals surface area (Å²) < 4.78 is 22.6. The second-order valence-corrected chi connectivity index (χ2v) is 8.06. The number of rotatable bonds is 5. The maximum atomic E-state index is 12.4. The number of hydrogen-bond donors (Lipinski definition) is 0. The molecule has 2 fully saturated rings. The molecule has 1 saturated carbocycles. The average Bonchev–Trinajstić information content (AvgIpc) is 3.04. The van der Waals surface area contributed by atoms with Gasteiger partial charge in [-0.3, -0.25) is 0 Å². The predicted octanol–water partition coefficient (Wildman–Crippen LogP) is 3.20. The van der Waals surface area contributed by atoms with E-state index in [1.807, 2.05) is 0 Å². The summed E-state index contributed by atoms with van der Waals surface area (Å²) in [7, 11) is 0. The number of carbonyl (C=O) groups excluding carboxylic acids is 2. The first-order chi connectivity index (χ1) is 12.3. The van der Waals surface area contributed by atoms with Crippen molar-refractivity contribution in [2.24, 2.45) is 23.7 Å². The summed E-state index contributed by atoms with van der Waals surface area (Å²) in [6, 6.07) is 0. The minimum atomic E-state index is -0.807. The van der Waals surface area contributed by atoms with Gasteiger partial charge in [0.25, 0.3) is 0 Å². The molecule has 0 radical (unpaired) electrons. The van der Waals surface area contributed by atoms with Crippen molar-refractivity contribution in [2.45, 2.75) is 72.4 Å². The highest BCUT2D eigenvalue weighted by Crippen LogP contribution is 2.44. The van der Waals surface area contributed by atoms with Crippen LogP contribution in [-0.4, -0.2) is 37.0 Å². The second-order valence-electron chi connectivity index (χ2n) is 8.06. The van der Waals surface area contributed by atoms with Crippen molar-refractivity contribution in [3.63, 3.8) is 0 Å². The molecular formula is C20H30O6. The first-order valence-corrected chi connectivity index (χ1v) is 9.73. The van der Waals surface area contributed by atoms with Gasteiger partial charge in [-0.05, 0) is 44.4 Å². The van der Waals surface area contributed by atoms with Gasteiger partial charge < -0.3 is 18.9 Å². The number of esters is 2. The smallest absolute Gasteiger partial charge is 0.350 e. The molecule has 1 unspecified atom stereocenters. The molecule has 6 nitrogen and oxygen atoms in total. The Hall–Kier alpha value is -1.56. The Kier molecular flexibility index (Phi) is 5.61. The molecule has 6 atom stereocenters. The lowest BCUT2D eigenvalue weighted by atomic mass is 9.75. The Balaban J connectivity index is 1.80. The molecule has 2 heterocycles. The van der Waals surface area contributed by atoms with Crippen LogP contribution in [0.15, 0.2) is 11.3 Å². The van der Waals surface area contributed by atoms with Crippen LogP contribution in [0.4, 0.5) is 0 Å². The summed E-state index contributed by atoms with van der Waals surface area (Å²) in [5, 5.41) is 0. The third-order valence-electron chi connectivity index (χ3n) is 5.87. The van der Waals surface area contributed by atoms with Crippen molar-refractivity contribution >= 4 is 11.9 Å². The highest BCUT2D eigenvalue weighted by molar-refractivity contribution is 5.93. The second kappa shape index (κ2) is 7.59. The molecule has 1 saturated heterocycles. The van der Waals surface area contributed by atoms with Gasteiger partial charge in [0.2, 0.25) is 12.4 Å². The fraction of sp³-hybridized carbons (Fsp3) is 0.800. The van der Waals surface area contributed by atoms with Crippen molar-refractivity contribution in [2.75, 3.05) is 6.61 Å². The summed E-state index contributed by atoms with van der Waals surface area (Å²) >= 11 is 0. The molecule has 3 rings (SSSR count). The highest BCUT2D eigenvalue weighted by atomic mass is 16.7. The molecule has 0 aromatic rings. The number of hydrogen-bond acceptors (Lipinski definition) is 6. The normalized spacial score (nSPS) is 36.8. The van der Waals surface area contributed by atoms with Crippen LogP contribution in [0.5, 0.6) is 0 Å². The average molecular weight is 366 g/mol. The lowest BCUT2D eigenvalue weighted by molar-refractivity contribution is -0.194. The van der Waals surface area contributed by atoms with E-state index in [2.05, 4.69) is 20.8 Å². The van der Waals surface area contributed by atoms with E-state index >= 15 is 0 Å². The Labute approximate surface area is 155 Å². The standard InChI is InChI=1S/C20H30O6/c1-6-23-18(21)15-12(5)24-17-16(15)20(26-19(17)22)25-14-9-11(4)7-8-13(14)10(2)3/h10-11,13-14,16-17,20H,6-9H2,1-5H3/t11-,13+,14-,16-,17+,20?/m1/s1. The van der Waals surface area contributed by atoms with Crippen LogP contribution in [0, 0.1) is 23.7 Å². The van der Waals surface area contributed by atoms with E-state index in [9.17, 15) is 9.59 Å². The summed E-state index contributed by atoms with van der Waals surface area (Å²) in [6.07, 6.45) is 1.65. The Morgan fingerprint density at radius 3 is 2.65 bits per heavy atom. The number of fused-ring (bicyclic) bond motifs is 1.